The van der Waals surface area contributed by atoms with Crippen LogP contribution in [-0.4, -0.2) is 50.8 Å². The van der Waals surface area contributed by atoms with Crippen LogP contribution in [0.3, 0.4) is 0 Å². The zero-order chi connectivity index (χ0) is 11.8. The van der Waals surface area contributed by atoms with Crippen molar-refractivity contribution in [2.75, 3.05) is 45.9 Å². The van der Waals surface area contributed by atoms with E-state index in [9.17, 15) is 0 Å². The van der Waals surface area contributed by atoms with Crippen LogP contribution < -0.4 is 5.32 Å². The van der Waals surface area contributed by atoms with E-state index < -0.39 is 0 Å². The molecule has 1 heterocycles. The van der Waals surface area contributed by atoms with E-state index in [1.165, 1.54) is 26.1 Å². The van der Waals surface area contributed by atoms with Crippen molar-refractivity contribution in [1.29, 1.82) is 0 Å². The van der Waals surface area contributed by atoms with Crippen molar-refractivity contribution in [3.05, 3.63) is 0 Å². The molecular weight excluding hydrogens is 200 g/mol. The van der Waals surface area contributed by atoms with Gasteiger partial charge in [0.25, 0.3) is 0 Å². The van der Waals surface area contributed by atoms with Crippen molar-refractivity contribution in [1.82, 2.24) is 10.2 Å². The van der Waals surface area contributed by atoms with Crippen molar-refractivity contribution in [3.8, 4) is 0 Å². The molecule has 96 valence electrons. The van der Waals surface area contributed by atoms with E-state index in [2.05, 4.69) is 31.0 Å². The summed E-state index contributed by atoms with van der Waals surface area (Å²) in [6, 6.07) is 0. The molecular formula is C13H28N2O. The fourth-order valence-corrected chi connectivity index (χ4v) is 2.14. The number of ether oxygens (including phenoxy) is 1. The normalized spacial score (nSPS) is 22.1. The van der Waals surface area contributed by atoms with Crippen LogP contribution >= 0.6 is 0 Å². The molecule has 0 saturated carbocycles. The van der Waals surface area contributed by atoms with Gasteiger partial charge in [0.1, 0.15) is 0 Å². The van der Waals surface area contributed by atoms with Crippen LogP contribution in [0.4, 0.5) is 0 Å². The average Bonchev–Trinajstić information content (AvgIpc) is 2.69. The van der Waals surface area contributed by atoms with Gasteiger partial charge in [-0.25, -0.2) is 0 Å². The first-order chi connectivity index (χ1) is 7.72. The molecule has 3 heteroatoms. The van der Waals surface area contributed by atoms with E-state index in [4.69, 9.17) is 4.74 Å². The van der Waals surface area contributed by atoms with E-state index in [0.29, 0.717) is 5.92 Å². The van der Waals surface area contributed by atoms with Crippen LogP contribution in [0.1, 0.15) is 27.2 Å². The largest absolute Gasteiger partial charge is 0.380 e. The molecule has 1 rings (SSSR count). The molecule has 3 nitrogen and oxygen atoms in total. The first kappa shape index (κ1) is 13.9. The SMILES string of the molecule is CCNCC1CCN(CCOCC(C)C)C1. The zero-order valence-corrected chi connectivity index (χ0v) is 11.2. The van der Waals surface area contributed by atoms with E-state index in [0.717, 1.165) is 32.2 Å². The first-order valence-corrected chi connectivity index (χ1v) is 6.73. The Morgan fingerprint density at radius 1 is 1.44 bits per heavy atom. The van der Waals surface area contributed by atoms with Gasteiger partial charge in [0.2, 0.25) is 0 Å². The molecule has 0 bridgehead atoms. The molecule has 1 atom stereocenters. The molecule has 0 aromatic carbocycles. The van der Waals surface area contributed by atoms with Gasteiger partial charge >= 0.3 is 0 Å². The predicted octanol–water partition coefficient (Wildman–Crippen LogP) is 1.59. The Hall–Kier alpha value is -0.120. The molecule has 0 amide bonds. The van der Waals surface area contributed by atoms with Crippen LogP contribution in [0, 0.1) is 11.8 Å². The van der Waals surface area contributed by atoms with Gasteiger partial charge in [-0.15, -0.1) is 0 Å². The van der Waals surface area contributed by atoms with Crippen LogP contribution in [0.25, 0.3) is 0 Å². The van der Waals surface area contributed by atoms with Gasteiger partial charge in [0.15, 0.2) is 0 Å². The Morgan fingerprint density at radius 3 is 2.94 bits per heavy atom. The highest BCUT2D eigenvalue weighted by atomic mass is 16.5. The van der Waals surface area contributed by atoms with Crippen LogP contribution in [0.15, 0.2) is 0 Å². The Morgan fingerprint density at radius 2 is 2.25 bits per heavy atom. The van der Waals surface area contributed by atoms with E-state index in [-0.39, 0.29) is 0 Å². The van der Waals surface area contributed by atoms with Gasteiger partial charge in [0, 0.05) is 19.7 Å². The van der Waals surface area contributed by atoms with Crippen LogP contribution in [0.5, 0.6) is 0 Å². The van der Waals surface area contributed by atoms with Gasteiger partial charge in [-0.1, -0.05) is 20.8 Å². The molecule has 0 aliphatic carbocycles. The molecule has 1 aliphatic heterocycles. The highest BCUT2D eigenvalue weighted by Gasteiger charge is 2.21. The Labute approximate surface area is 101 Å². The van der Waals surface area contributed by atoms with Crippen molar-refractivity contribution >= 4 is 0 Å². The van der Waals surface area contributed by atoms with Crippen molar-refractivity contribution < 1.29 is 4.74 Å². The second-order valence-electron chi connectivity index (χ2n) is 5.23. The third-order valence-electron chi connectivity index (χ3n) is 3.06. The predicted molar refractivity (Wildman–Crippen MR) is 68.7 cm³/mol. The number of nitrogens with zero attached hydrogens (tertiary/aromatic N) is 1. The topological polar surface area (TPSA) is 24.5 Å². The molecule has 0 radical (unpaired) electrons. The molecule has 0 aromatic rings. The lowest BCUT2D eigenvalue weighted by molar-refractivity contribution is 0.0903. The summed E-state index contributed by atoms with van der Waals surface area (Å²) in [4.78, 5) is 2.53. The number of nitrogens with one attached hydrogen (secondary N) is 1. The van der Waals surface area contributed by atoms with Gasteiger partial charge in [-0.2, -0.15) is 0 Å². The first-order valence-electron chi connectivity index (χ1n) is 6.73. The summed E-state index contributed by atoms with van der Waals surface area (Å²) < 4.78 is 5.62. The smallest absolute Gasteiger partial charge is 0.0593 e. The number of likely N-dealkylation sites (tertiary alicyclic amines) is 1. The maximum Gasteiger partial charge on any atom is 0.0593 e. The number of rotatable bonds is 8. The van der Waals surface area contributed by atoms with Crippen molar-refractivity contribution in [2.45, 2.75) is 27.2 Å². The summed E-state index contributed by atoms with van der Waals surface area (Å²) in [7, 11) is 0. The zero-order valence-electron chi connectivity index (χ0n) is 11.2. The molecule has 1 fully saturated rings. The summed E-state index contributed by atoms with van der Waals surface area (Å²) in [5.74, 6) is 1.50. The second-order valence-corrected chi connectivity index (χ2v) is 5.23. The monoisotopic (exact) mass is 228 g/mol. The third kappa shape index (κ3) is 5.83. The van der Waals surface area contributed by atoms with Crippen LogP contribution in [-0.2, 0) is 4.74 Å². The summed E-state index contributed by atoms with van der Waals surface area (Å²) in [5.41, 5.74) is 0. The van der Waals surface area contributed by atoms with Gasteiger partial charge in [-0.3, -0.25) is 0 Å². The van der Waals surface area contributed by atoms with Crippen molar-refractivity contribution in [3.63, 3.8) is 0 Å². The average molecular weight is 228 g/mol. The van der Waals surface area contributed by atoms with Gasteiger partial charge < -0.3 is 15.0 Å². The summed E-state index contributed by atoms with van der Waals surface area (Å²) in [6.07, 6.45) is 1.34. The van der Waals surface area contributed by atoms with Crippen LogP contribution in [0.2, 0.25) is 0 Å². The molecule has 1 saturated heterocycles. The minimum Gasteiger partial charge on any atom is -0.380 e. The fourth-order valence-electron chi connectivity index (χ4n) is 2.14. The lowest BCUT2D eigenvalue weighted by atomic mass is 10.1. The van der Waals surface area contributed by atoms with E-state index in [1.54, 1.807) is 0 Å². The summed E-state index contributed by atoms with van der Waals surface area (Å²) >= 11 is 0. The molecule has 16 heavy (non-hydrogen) atoms. The fraction of sp³-hybridized carbons (Fsp3) is 1.00. The molecule has 1 unspecified atom stereocenters. The Kier molecular flexibility index (Phi) is 7.01. The number of hydrogen-bond acceptors (Lipinski definition) is 3. The summed E-state index contributed by atoms with van der Waals surface area (Å²) in [6.45, 7) is 14.2. The maximum atomic E-state index is 5.62. The second kappa shape index (κ2) is 8.04. The lowest BCUT2D eigenvalue weighted by Crippen LogP contribution is -2.28. The minimum absolute atomic E-state index is 0.653. The number of hydrogen-bond donors (Lipinski definition) is 1. The van der Waals surface area contributed by atoms with E-state index in [1.807, 2.05) is 0 Å². The van der Waals surface area contributed by atoms with Gasteiger partial charge in [0.05, 0.1) is 6.61 Å². The van der Waals surface area contributed by atoms with E-state index >= 15 is 0 Å². The minimum atomic E-state index is 0.653. The third-order valence-corrected chi connectivity index (χ3v) is 3.06. The Bertz CT molecular complexity index is 173. The molecule has 0 spiro atoms. The molecule has 0 aromatic heterocycles. The summed E-state index contributed by atoms with van der Waals surface area (Å²) in [5, 5.41) is 3.44. The van der Waals surface area contributed by atoms with Crippen molar-refractivity contribution in [2.24, 2.45) is 11.8 Å². The lowest BCUT2D eigenvalue weighted by Gasteiger charge is -2.16. The standard InChI is InChI=1S/C13H28N2O/c1-4-14-9-13-5-6-15(10-13)7-8-16-11-12(2)3/h12-14H,4-11H2,1-3H3. The maximum absolute atomic E-state index is 5.62. The highest BCUT2D eigenvalue weighted by Crippen LogP contribution is 2.14. The molecule has 1 aliphatic rings. The quantitative estimate of drug-likeness (QED) is 0.639. The highest BCUT2D eigenvalue weighted by molar-refractivity contribution is 4.76. The molecule has 1 N–H and O–H groups in total. The van der Waals surface area contributed by atoms with Gasteiger partial charge in [-0.05, 0) is 37.9 Å². The Balaban J connectivity index is 1.98.